The molecule has 0 aromatic carbocycles. The van der Waals surface area contributed by atoms with Crippen LogP contribution in [0, 0.1) is 5.41 Å². The number of unbranched alkanes of at least 4 members (excludes halogenated alkanes) is 11. The molecule has 0 saturated carbocycles. The lowest BCUT2D eigenvalue weighted by atomic mass is 9.87. The van der Waals surface area contributed by atoms with Gasteiger partial charge in [0.05, 0.1) is 27.4 Å². The zero-order valence-electron chi connectivity index (χ0n) is 44.0. The number of phosphoric acid groups is 3. The van der Waals surface area contributed by atoms with Crippen molar-refractivity contribution in [2.75, 3.05) is 37.8 Å². The number of anilines is 1. The van der Waals surface area contributed by atoms with E-state index in [2.05, 4.69) is 99.0 Å². The fourth-order valence-corrected chi connectivity index (χ4v) is 10.8. The van der Waals surface area contributed by atoms with Crippen LogP contribution >= 0.6 is 35.2 Å². The molecule has 1 fully saturated rings. The molecule has 0 aliphatic carbocycles. The van der Waals surface area contributed by atoms with Crippen LogP contribution in [0.25, 0.3) is 11.2 Å². The standard InChI is InChI=1S/C49H80N7O17P3S/c1-4-5-6-7-8-9-10-11-12-13-14-15-16-17-18-19-20-21-22-23-24-25-26-27-28-29-40(58)77-33-32-51-39(57)30-31-52-47(61)44(60)49(2,3)35-70-76(67,68)73-75(65,66)69-34-38-43(72-74(62,63)64)42(59)48(71-38)56-37-55-41-45(50)53-36-54-46(41)56/h8-9,11-12,14-15,17-18,28-29,36-38,42-44,48,59-60H,4-7,10,13,16,19-27,30-35H2,1-3H3,(H,51,57)(H,52,61)(H,65,66)(H,67,68)(H2,50,53,54)(H2,62,63,64)/p-4/b9-8-,12-11-,15-14-,18-17-,29-28+/t38-,42-,43-,44+,48-/m1/s1. The molecule has 28 heteroatoms. The van der Waals surface area contributed by atoms with E-state index in [0.29, 0.717) is 5.75 Å². The average molecular weight is 1160 g/mol. The second-order valence-electron chi connectivity index (χ2n) is 18.7. The Labute approximate surface area is 455 Å². The van der Waals surface area contributed by atoms with Crippen LogP contribution < -0.4 is 35.9 Å². The van der Waals surface area contributed by atoms with Crippen molar-refractivity contribution < 1.29 is 80.5 Å². The normalized spacial score (nSPS) is 19.5. The zero-order chi connectivity index (χ0) is 56.7. The minimum atomic E-state index is -5.93. The van der Waals surface area contributed by atoms with Crippen molar-refractivity contribution in [3.63, 3.8) is 0 Å². The highest BCUT2D eigenvalue weighted by Crippen LogP contribution is 2.56. The Bertz CT molecular complexity index is 2420. The molecule has 2 aromatic heterocycles. The van der Waals surface area contributed by atoms with Gasteiger partial charge < -0.3 is 69.0 Å². The Balaban J connectivity index is 1.22. The van der Waals surface area contributed by atoms with E-state index in [4.69, 9.17) is 10.5 Å². The number of nitrogen functional groups attached to an aromatic ring is 1. The second kappa shape index (κ2) is 35.8. The Morgan fingerprint density at radius 1 is 0.818 bits per heavy atom. The summed E-state index contributed by atoms with van der Waals surface area (Å²) in [5, 5.41) is 26.3. The van der Waals surface area contributed by atoms with Gasteiger partial charge in [-0.1, -0.05) is 132 Å². The van der Waals surface area contributed by atoms with Crippen LogP contribution in [0.3, 0.4) is 0 Å². The van der Waals surface area contributed by atoms with Gasteiger partial charge >= 0.3 is 0 Å². The first-order valence-electron chi connectivity index (χ1n) is 25.8. The molecule has 3 heterocycles. The predicted molar refractivity (Wildman–Crippen MR) is 283 cm³/mol. The fourth-order valence-electron chi connectivity index (χ4n) is 7.46. The van der Waals surface area contributed by atoms with Crippen LogP contribution in [-0.4, -0.2) is 103 Å². The number of nitrogens with two attached hydrogens (primary N) is 1. The van der Waals surface area contributed by atoms with Crippen molar-refractivity contribution in [2.45, 2.75) is 161 Å². The molecule has 0 radical (unpaired) electrons. The van der Waals surface area contributed by atoms with E-state index in [-0.39, 0.29) is 41.6 Å². The number of nitrogens with one attached hydrogen (secondary N) is 2. The quantitative estimate of drug-likeness (QED) is 0.0248. The number of hydrogen-bond acceptors (Lipinski definition) is 22. The van der Waals surface area contributed by atoms with Gasteiger partial charge in [-0.15, -0.1) is 0 Å². The van der Waals surface area contributed by atoms with Gasteiger partial charge in [-0.05, 0) is 63.9 Å². The molecular weight excluding hydrogens is 1080 g/mol. The third-order valence-electron chi connectivity index (χ3n) is 11.7. The Kier molecular flexibility index (Phi) is 31.4. The third kappa shape index (κ3) is 27.8. The number of hydrogen-bond donors (Lipinski definition) is 5. The van der Waals surface area contributed by atoms with Crippen LogP contribution in [0.5, 0.6) is 0 Å². The molecule has 1 aliphatic heterocycles. The highest BCUT2D eigenvalue weighted by atomic mass is 32.2. The number of allylic oxidation sites excluding steroid dienone is 9. The number of nitrogens with zero attached hydrogens (tertiary/aromatic N) is 4. The number of rotatable bonds is 40. The number of amides is 2. The van der Waals surface area contributed by atoms with Crippen molar-refractivity contribution >= 4 is 69.1 Å². The molecular formula is C49H76N7O17P3S-4. The van der Waals surface area contributed by atoms with E-state index in [1.807, 2.05) is 6.08 Å². The summed E-state index contributed by atoms with van der Waals surface area (Å²) in [6.07, 6.45) is 31.8. The van der Waals surface area contributed by atoms with Crippen LogP contribution in [0.2, 0.25) is 0 Å². The molecule has 3 rings (SSSR count). The molecule has 1 aliphatic rings. The molecule has 77 heavy (non-hydrogen) atoms. The maximum atomic E-state index is 12.7. The van der Waals surface area contributed by atoms with Crippen LogP contribution in [0.1, 0.15) is 136 Å². The van der Waals surface area contributed by atoms with Crippen molar-refractivity contribution in [2.24, 2.45) is 5.41 Å². The number of carbonyl (C=O) groups excluding carboxylic acids is 3. The van der Waals surface area contributed by atoms with E-state index in [9.17, 15) is 57.9 Å². The number of thioether (sulfide) groups is 1. The van der Waals surface area contributed by atoms with Gasteiger partial charge in [0.1, 0.15) is 36.3 Å². The number of ether oxygens (including phenoxy) is 1. The first-order chi connectivity index (χ1) is 36.6. The number of phosphoric ester groups is 3. The van der Waals surface area contributed by atoms with Gasteiger partial charge in [0.15, 0.2) is 17.7 Å². The molecule has 0 spiro atoms. The Morgan fingerprint density at radius 3 is 2.00 bits per heavy atom. The molecule has 434 valence electrons. The number of aliphatic hydroxyl groups is 2. The predicted octanol–water partition coefficient (Wildman–Crippen LogP) is 5.18. The summed E-state index contributed by atoms with van der Waals surface area (Å²) >= 11 is 1.05. The molecule has 2 amide bonds. The molecule has 2 unspecified atom stereocenters. The summed E-state index contributed by atoms with van der Waals surface area (Å²) < 4.78 is 60.9. The highest BCUT2D eigenvalue weighted by molar-refractivity contribution is 8.14. The van der Waals surface area contributed by atoms with Crippen LogP contribution in [0.15, 0.2) is 73.4 Å². The Morgan fingerprint density at radius 2 is 1.39 bits per heavy atom. The minimum Gasteiger partial charge on any atom is -0.790 e. The van der Waals surface area contributed by atoms with Crippen LogP contribution in [-0.2, 0) is 50.7 Å². The van der Waals surface area contributed by atoms with Gasteiger partial charge in [0, 0.05) is 30.7 Å². The summed E-state index contributed by atoms with van der Waals surface area (Å²) in [5.41, 5.74) is 4.08. The molecule has 0 bridgehead atoms. The number of aromatic nitrogens is 4. The lowest BCUT2D eigenvalue weighted by Gasteiger charge is -2.36. The first kappa shape index (κ1) is 67.5. The number of aliphatic hydroxyl groups excluding tert-OH is 2. The summed E-state index contributed by atoms with van der Waals surface area (Å²) in [7, 11) is -17.6. The smallest absolute Gasteiger partial charge is 0.274 e. The maximum absolute atomic E-state index is 12.7. The number of imidazole rings is 1. The van der Waals surface area contributed by atoms with E-state index in [1.165, 1.54) is 77.7 Å². The molecule has 2 aromatic rings. The average Bonchev–Trinajstić information content (AvgIpc) is 3.96. The van der Waals surface area contributed by atoms with Crippen molar-refractivity contribution in [1.29, 1.82) is 0 Å². The van der Waals surface area contributed by atoms with Gasteiger partial charge in [-0.2, -0.15) is 0 Å². The maximum Gasteiger partial charge on any atom is 0.274 e. The van der Waals surface area contributed by atoms with Gasteiger partial charge in [0.2, 0.25) is 16.9 Å². The fraction of sp³-hybridized carbons (Fsp3) is 0.633. The Hall–Kier alpha value is -3.74. The monoisotopic (exact) mass is 1160 g/mol. The molecule has 6 N–H and O–H groups in total. The molecule has 24 nitrogen and oxygen atoms in total. The number of fused-ring (bicyclic) bond motifs is 1. The van der Waals surface area contributed by atoms with Crippen molar-refractivity contribution in [3.05, 3.63) is 73.4 Å². The van der Waals surface area contributed by atoms with Gasteiger partial charge in [-0.3, -0.25) is 28.1 Å². The second-order valence-corrected chi connectivity index (χ2v) is 23.9. The van der Waals surface area contributed by atoms with Gasteiger partial charge in [-0.25, -0.2) is 19.3 Å². The van der Waals surface area contributed by atoms with Crippen molar-refractivity contribution in [1.82, 2.24) is 30.2 Å². The summed E-state index contributed by atoms with van der Waals surface area (Å²) in [4.78, 5) is 97.0. The largest absolute Gasteiger partial charge is 0.790 e. The zero-order valence-corrected chi connectivity index (χ0v) is 47.5. The van der Waals surface area contributed by atoms with Gasteiger partial charge in [0.25, 0.3) is 15.6 Å². The minimum absolute atomic E-state index is 0.0209. The van der Waals surface area contributed by atoms with E-state index >= 15 is 0 Å². The van der Waals surface area contributed by atoms with Crippen molar-refractivity contribution in [3.8, 4) is 0 Å². The molecule has 7 atom stereocenters. The third-order valence-corrected chi connectivity index (χ3v) is 15.5. The summed E-state index contributed by atoms with van der Waals surface area (Å²) in [6, 6.07) is 0. The van der Waals surface area contributed by atoms with E-state index in [1.54, 1.807) is 0 Å². The number of carbonyl (C=O) groups is 3. The van der Waals surface area contributed by atoms with E-state index in [0.717, 1.165) is 73.9 Å². The topological polar surface area (TPSA) is 375 Å². The molecule has 1 saturated heterocycles. The SMILES string of the molecule is CCCCC/C=C\C/C=C\C/C=C\C/C=C\CCCCCCCCC/C=C/C(=O)SCCNC(=O)CCNC(=O)[C@H](O)C(C)(C)COP(=O)([O-])OP(=O)([O-])OC[C@H]1O[C@@H](n2cnc3c(N)ncnc32)[C@H](O)[C@@H]1OP(=O)([O-])[O-]. The first-order valence-corrected chi connectivity index (χ1v) is 31.2. The summed E-state index contributed by atoms with van der Waals surface area (Å²) in [6.45, 7) is 2.32. The lowest BCUT2D eigenvalue weighted by molar-refractivity contribution is -0.347. The van der Waals surface area contributed by atoms with E-state index < -0.39 is 84.6 Å². The summed E-state index contributed by atoms with van der Waals surface area (Å²) in [5.74, 6) is -1.22. The highest BCUT2D eigenvalue weighted by Gasteiger charge is 2.47. The van der Waals surface area contributed by atoms with Crippen LogP contribution in [0.4, 0.5) is 5.82 Å². The lowest BCUT2D eigenvalue weighted by Crippen LogP contribution is -2.46.